The zero-order valence-corrected chi connectivity index (χ0v) is 13.4. The first-order chi connectivity index (χ1) is 10.6. The van der Waals surface area contributed by atoms with Gasteiger partial charge in [0.1, 0.15) is 11.5 Å². The summed E-state index contributed by atoms with van der Waals surface area (Å²) >= 11 is 5.87. The van der Waals surface area contributed by atoms with Crippen LogP contribution < -0.4 is 0 Å². The molecule has 1 heterocycles. The lowest BCUT2D eigenvalue weighted by atomic mass is 10.1. The number of unbranched alkanes of at least 4 members (excludes halogenated alkanes) is 2. The van der Waals surface area contributed by atoms with Gasteiger partial charge in [-0.2, -0.15) is 0 Å². The number of halogens is 2. The van der Waals surface area contributed by atoms with E-state index in [4.69, 9.17) is 11.6 Å². The smallest absolute Gasteiger partial charge is 0.270 e. The van der Waals surface area contributed by atoms with Gasteiger partial charge in [-0.1, -0.05) is 43.5 Å². The van der Waals surface area contributed by atoms with Gasteiger partial charge in [-0.25, -0.2) is 4.39 Å². The van der Waals surface area contributed by atoms with Crippen molar-refractivity contribution in [3.05, 3.63) is 58.6 Å². The van der Waals surface area contributed by atoms with E-state index < -0.39 is 0 Å². The van der Waals surface area contributed by atoms with Crippen LogP contribution in [0.2, 0.25) is 5.02 Å². The van der Waals surface area contributed by atoms with E-state index >= 15 is 0 Å². The third kappa shape index (κ3) is 4.60. The molecule has 1 aromatic heterocycles. The number of hydrogen-bond acceptors (Lipinski definition) is 1. The van der Waals surface area contributed by atoms with Crippen molar-refractivity contribution in [1.29, 1.82) is 0 Å². The Hall–Kier alpha value is -1.81. The van der Waals surface area contributed by atoms with Crippen molar-refractivity contribution in [2.45, 2.75) is 32.7 Å². The van der Waals surface area contributed by atoms with Gasteiger partial charge >= 0.3 is 0 Å². The van der Waals surface area contributed by atoms with Crippen LogP contribution in [0.25, 0.3) is 0 Å². The van der Waals surface area contributed by atoms with Gasteiger partial charge in [-0.15, -0.1) is 0 Å². The Morgan fingerprint density at radius 3 is 2.59 bits per heavy atom. The lowest BCUT2D eigenvalue weighted by molar-refractivity contribution is 0.0735. The molecule has 0 aliphatic rings. The Balaban J connectivity index is 2.10. The lowest BCUT2D eigenvalue weighted by Gasteiger charge is -2.22. The van der Waals surface area contributed by atoms with Crippen molar-refractivity contribution in [2.24, 2.45) is 0 Å². The summed E-state index contributed by atoms with van der Waals surface area (Å²) in [5.74, 6) is -0.365. The van der Waals surface area contributed by atoms with Crippen LogP contribution in [0.5, 0.6) is 0 Å². The number of carbonyl (C=O) groups excluding carboxylic acids is 1. The van der Waals surface area contributed by atoms with Crippen LogP contribution in [-0.4, -0.2) is 22.3 Å². The maximum atomic E-state index is 13.0. The Morgan fingerprint density at radius 1 is 1.27 bits per heavy atom. The monoisotopic (exact) mass is 322 g/mol. The molecule has 0 unspecified atom stereocenters. The molecule has 0 aliphatic heterocycles. The van der Waals surface area contributed by atoms with E-state index in [1.165, 1.54) is 12.1 Å². The van der Waals surface area contributed by atoms with Gasteiger partial charge in [0.2, 0.25) is 0 Å². The number of nitrogens with zero attached hydrogens (tertiary/aromatic N) is 1. The fraction of sp³-hybridized carbons (Fsp3) is 0.353. The minimum Gasteiger partial charge on any atom is -0.356 e. The highest BCUT2D eigenvalue weighted by Crippen LogP contribution is 2.15. The summed E-state index contributed by atoms with van der Waals surface area (Å²) in [6.07, 6.45) is 4.69. The second kappa shape index (κ2) is 7.99. The molecule has 0 saturated carbocycles. The van der Waals surface area contributed by atoms with Gasteiger partial charge < -0.3 is 9.88 Å². The standard InChI is InChI=1S/C17H20ClFN2O/c1-2-3-4-9-21(12-13-5-7-15(19)8-6-13)17(22)16-10-14(18)11-20-16/h5-8,10-11,20H,2-4,9,12H2,1H3. The SMILES string of the molecule is CCCCCN(Cc1ccc(F)cc1)C(=O)c1cc(Cl)c[nH]1. The summed E-state index contributed by atoms with van der Waals surface area (Å²) in [4.78, 5) is 17.2. The van der Waals surface area contributed by atoms with Gasteiger partial charge in [0, 0.05) is 19.3 Å². The van der Waals surface area contributed by atoms with Gasteiger partial charge in [0.25, 0.3) is 5.91 Å². The van der Waals surface area contributed by atoms with Crippen LogP contribution in [-0.2, 0) is 6.54 Å². The van der Waals surface area contributed by atoms with Crippen molar-refractivity contribution in [1.82, 2.24) is 9.88 Å². The van der Waals surface area contributed by atoms with Crippen molar-refractivity contribution in [2.75, 3.05) is 6.54 Å². The Kier molecular flexibility index (Phi) is 6.01. The van der Waals surface area contributed by atoms with E-state index in [1.807, 2.05) is 0 Å². The molecule has 118 valence electrons. The second-order valence-electron chi connectivity index (χ2n) is 5.29. The molecular weight excluding hydrogens is 303 g/mol. The highest BCUT2D eigenvalue weighted by atomic mass is 35.5. The van der Waals surface area contributed by atoms with Crippen molar-refractivity contribution in [3.63, 3.8) is 0 Å². The van der Waals surface area contributed by atoms with E-state index in [1.54, 1.807) is 29.3 Å². The first-order valence-electron chi connectivity index (χ1n) is 7.47. The zero-order chi connectivity index (χ0) is 15.9. The summed E-state index contributed by atoms with van der Waals surface area (Å²) in [7, 11) is 0. The minimum absolute atomic E-state index is 0.0904. The molecule has 0 aliphatic carbocycles. The van der Waals surface area contributed by atoms with Crippen molar-refractivity contribution in [3.8, 4) is 0 Å². The van der Waals surface area contributed by atoms with E-state index in [0.717, 1.165) is 24.8 Å². The van der Waals surface area contributed by atoms with Gasteiger partial charge in [0.15, 0.2) is 0 Å². The molecule has 3 nitrogen and oxygen atoms in total. The summed E-state index contributed by atoms with van der Waals surface area (Å²) in [6, 6.07) is 7.86. The third-order valence-corrected chi connectivity index (χ3v) is 3.70. The van der Waals surface area contributed by atoms with Crippen LogP contribution in [0.1, 0.15) is 42.2 Å². The molecule has 0 spiro atoms. The normalized spacial score (nSPS) is 10.7. The lowest BCUT2D eigenvalue weighted by Crippen LogP contribution is -2.31. The summed E-state index contributed by atoms with van der Waals surface area (Å²) in [6.45, 7) is 3.25. The Bertz CT molecular complexity index is 609. The molecule has 2 aromatic rings. The first-order valence-corrected chi connectivity index (χ1v) is 7.85. The summed E-state index contributed by atoms with van der Waals surface area (Å²) in [5, 5.41) is 0.513. The number of aromatic nitrogens is 1. The summed E-state index contributed by atoms with van der Waals surface area (Å²) < 4.78 is 13.0. The molecule has 0 saturated heterocycles. The number of amides is 1. The number of rotatable bonds is 7. The average Bonchev–Trinajstić information content (AvgIpc) is 2.94. The zero-order valence-electron chi connectivity index (χ0n) is 12.6. The number of hydrogen-bond donors (Lipinski definition) is 1. The van der Waals surface area contributed by atoms with Crippen LogP contribution in [0.3, 0.4) is 0 Å². The summed E-state index contributed by atoms with van der Waals surface area (Å²) in [5.41, 5.74) is 1.38. The molecule has 2 rings (SSSR count). The van der Waals surface area contributed by atoms with Crippen molar-refractivity contribution < 1.29 is 9.18 Å². The Labute approximate surface area is 135 Å². The molecule has 0 bridgehead atoms. The maximum Gasteiger partial charge on any atom is 0.270 e. The van der Waals surface area contributed by atoms with Crippen LogP contribution in [0.4, 0.5) is 4.39 Å². The third-order valence-electron chi connectivity index (χ3n) is 3.48. The van der Waals surface area contributed by atoms with Gasteiger partial charge in [-0.05, 0) is 30.2 Å². The van der Waals surface area contributed by atoms with E-state index in [2.05, 4.69) is 11.9 Å². The number of H-pyrrole nitrogens is 1. The Morgan fingerprint density at radius 2 is 2.00 bits per heavy atom. The fourth-order valence-electron chi connectivity index (χ4n) is 2.28. The van der Waals surface area contributed by atoms with Crippen LogP contribution >= 0.6 is 11.6 Å². The van der Waals surface area contributed by atoms with Gasteiger partial charge in [0.05, 0.1) is 5.02 Å². The largest absolute Gasteiger partial charge is 0.356 e. The van der Waals surface area contributed by atoms with Crippen molar-refractivity contribution >= 4 is 17.5 Å². The molecular formula is C17H20ClFN2O. The molecule has 1 aromatic carbocycles. The topological polar surface area (TPSA) is 36.1 Å². The second-order valence-corrected chi connectivity index (χ2v) is 5.73. The predicted octanol–water partition coefficient (Wildman–Crippen LogP) is 4.64. The maximum absolute atomic E-state index is 13.0. The van der Waals surface area contributed by atoms with E-state index in [0.29, 0.717) is 23.8 Å². The number of benzene rings is 1. The van der Waals surface area contributed by atoms with Crippen LogP contribution in [0.15, 0.2) is 36.5 Å². The molecule has 1 amide bonds. The highest BCUT2D eigenvalue weighted by molar-refractivity contribution is 6.30. The number of nitrogens with one attached hydrogen (secondary N) is 1. The molecule has 0 fully saturated rings. The minimum atomic E-state index is -0.274. The van der Waals surface area contributed by atoms with Gasteiger partial charge in [-0.3, -0.25) is 4.79 Å². The fourth-order valence-corrected chi connectivity index (χ4v) is 2.44. The average molecular weight is 323 g/mol. The first kappa shape index (κ1) is 16.6. The highest BCUT2D eigenvalue weighted by Gasteiger charge is 2.17. The molecule has 0 radical (unpaired) electrons. The number of aromatic amines is 1. The predicted molar refractivity (Wildman–Crippen MR) is 86.5 cm³/mol. The van der Waals surface area contributed by atoms with Crippen LogP contribution in [0, 0.1) is 5.82 Å². The number of carbonyl (C=O) groups is 1. The van der Waals surface area contributed by atoms with E-state index in [9.17, 15) is 9.18 Å². The molecule has 5 heteroatoms. The molecule has 0 atom stereocenters. The van der Waals surface area contributed by atoms with E-state index in [-0.39, 0.29) is 11.7 Å². The molecule has 22 heavy (non-hydrogen) atoms. The molecule has 1 N–H and O–H groups in total. The quantitative estimate of drug-likeness (QED) is 0.741.